The van der Waals surface area contributed by atoms with Gasteiger partial charge in [0.2, 0.25) is 5.91 Å². The lowest BCUT2D eigenvalue weighted by Crippen LogP contribution is -2.35. The van der Waals surface area contributed by atoms with Gasteiger partial charge in [-0.2, -0.15) is 0 Å². The number of terminal acetylenes is 1. The highest BCUT2D eigenvalue weighted by Crippen LogP contribution is 2.31. The molecular weight excluding hydrogens is 256 g/mol. The molecule has 1 aromatic carbocycles. The number of thiophene rings is 1. The Balaban J connectivity index is 2.22. The number of para-hydroxylation sites is 1. The molecule has 1 unspecified atom stereocenters. The first-order valence-electron chi connectivity index (χ1n) is 5.85. The summed E-state index contributed by atoms with van der Waals surface area (Å²) in [5.74, 6) is 2.13. The molecule has 1 amide bonds. The molecular formula is C15H14N2OS. The van der Waals surface area contributed by atoms with E-state index in [4.69, 9.17) is 12.2 Å². The van der Waals surface area contributed by atoms with Gasteiger partial charge >= 0.3 is 0 Å². The molecule has 0 spiro atoms. The van der Waals surface area contributed by atoms with Crippen molar-refractivity contribution in [3.63, 3.8) is 0 Å². The number of carbonyl (C=O) groups is 1. The van der Waals surface area contributed by atoms with E-state index in [1.807, 2.05) is 41.8 Å². The van der Waals surface area contributed by atoms with Gasteiger partial charge in [-0.3, -0.25) is 4.79 Å². The van der Waals surface area contributed by atoms with Crippen molar-refractivity contribution in [2.24, 2.45) is 5.73 Å². The van der Waals surface area contributed by atoms with Gasteiger partial charge in [-0.25, -0.2) is 0 Å². The van der Waals surface area contributed by atoms with Gasteiger partial charge in [-0.15, -0.1) is 23.7 Å². The van der Waals surface area contributed by atoms with E-state index in [-0.39, 0.29) is 12.3 Å². The van der Waals surface area contributed by atoms with Crippen LogP contribution >= 0.6 is 11.3 Å². The van der Waals surface area contributed by atoms with Gasteiger partial charge in [0.1, 0.15) is 0 Å². The molecule has 0 aliphatic carbocycles. The van der Waals surface area contributed by atoms with E-state index >= 15 is 0 Å². The van der Waals surface area contributed by atoms with Gasteiger partial charge in [0.25, 0.3) is 0 Å². The molecule has 0 saturated carbocycles. The first-order valence-corrected chi connectivity index (χ1v) is 6.73. The minimum atomic E-state index is -0.679. The molecule has 0 saturated heterocycles. The highest BCUT2D eigenvalue weighted by atomic mass is 32.1. The Morgan fingerprint density at radius 2 is 2.16 bits per heavy atom. The van der Waals surface area contributed by atoms with Gasteiger partial charge in [0.05, 0.1) is 6.04 Å². The third-order valence-electron chi connectivity index (χ3n) is 2.65. The van der Waals surface area contributed by atoms with Crippen molar-refractivity contribution in [3.8, 4) is 22.8 Å². The Labute approximate surface area is 116 Å². The van der Waals surface area contributed by atoms with Crippen molar-refractivity contribution in [3.05, 3.63) is 41.8 Å². The number of hydrogen-bond acceptors (Lipinski definition) is 3. The number of nitrogens with two attached hydrogens (primary N) is 1. The summed E-state index contributed by atoms with van der Waals surface area (Å²) in [7, 11) is 0. The predicted octanol–water partition coefficient (Wildman–Crippen LogP) is 2.70. The minimum absolute atomic E-state index is 0.229. The van der Waals surface area contributed by atoms with E-state index in [0.29, 0.717) is 0 Å². The topological polar surface area (TPSA) is 55.1 Å². The molecule has 0 aliphatic rings. The maximum absolute atomic E-state index is 11.9. The van der Waals surface area contributed by atoms with Crippen LogP contribution in [-0.2, 0) is 4.79 Å². The van der Waals surface area contributed by atoms with Gasteiger partial charge in [-0.05, 0) is 17.5 Å². The van der Waals surface area contributed by atoms with Crippen LogP contribution in [0.25, 0.3) is 10.4 Å². The Morgan fingerprint density at radius 1 is 1.37 bits per heavy atom. The van der Waals surface area contributed by atoms with Crippen molar-refractivity contribution < 1.29 is 4.79 Å². The van der Waals surface area contributed by atoms with Gasteiger partial charge in [0.15, 0.2) is 0 Å². The first kappa shape index (κ1) is 13.3. The number of amides is 1. The molecule has 1 atom stereocenters. The highest BCUT2D eigenvalue weighted by Gasteiger charge is 2.14. The average molecular weight is 270 g/mol. The molecule has 96 valence electrons. The van der Waals surface area contributed by atoms with E-state index in [1.54, 1.807) is 11.3 Å². The lowest BCUT2D eigenvalue weighted by Gasteiger charge is -2.12. The Kier molecular flexibility index (Phi) is 4.35. The summed E-state index contributed by atoms with van der Waals surface area (Å²) < 4.78 is 0. The van der Waals surface area contributed by atoms with Crippen LogP contribution in [0.3, 0.4) is 0 Å². The van der Waals surface area contributed by atoms with E-state index in [9.17, 15) is 4.79 Å². The number of anilines is 1. The van der Waals surface area contributed by atoms with Gasteiger partial charge in [0, 0.05) is 22.5 Å². The fourth-order valence-electron chi connectivity index (χ4n) is 1.68. The van der Waals surface area contributed by atoms with Crippen molar-refractivity contribution in [2.45, 2.75) is 12.5 Å². The second kappa shape index (κ2) is 6.19. The van der Waals surface area contributed by atoms with Crippen LogP contribution in [0.15, 0.2) is 41.8 Å². The fraction of sp³-hybridized carbons (Fsp3) is 0.133. The molecule has 3 nitrogen and oxygen atoms in total. The molecule has 0 fully saturated rings. The van der Waals surface area contributed by atoms with Crippen LogP contribution in [0.4, 0.5) is 5.69 Å². The maximum Gasteiger partial charge on any atom is 0.242 e. The summed E-state index contributed by atoms with van der Waals surface area (Å²) in [6.07, 6.45) is 5.39. The Bertz CT molecular complexity index is 599. The Morgan fingerprint density at radius 3 is 2.84 bits per heavy atom. The van der Waals surface area contributed by atoms with E-state index < -0.39 is 6.04 Å². The molecule has 4 heteroatoms. The molecule has 19 heavy (non-hydrogen) atoms. The third kappa shape index (κ3) is 3.22. The second-order valence-corrected chi connectivity index (χ2v) is 4.97. The van der Waals surface area contributed by atoms with Crippen LogP contribution in [-0.4, -0.2) is 11.9 Å². The van der Waals surface area contributed by atoms with E-state index in [0.717, 1.165) is 16.1 Å². The number of benzene rings is 1. The SMILES string of the molecule is C#CCC(N)C(=O)Nc1ccccc1-c1cccs1. The molecule has 0 aliphatic heterocycles. The van der Waals surface area contributed by atoms with Crippen molar-refractivity contribution in [1.82, 2.24) is 0 Å². The molecule has 0 bridgehead atoms. The van der Waals surface area contributed by atoms with Crippen molar-refractivity contribution in [1.29, 1.82) is 0 Å². The standard InChI is InChI=1S/C15H14N2OS/c1-2-6-12(16)15(18)17-13-8-4-3-7-11(13)14-9-5-10-19-14/h1,3-5,7-10,12H,6,16H2,(H,17,18). The summed E-state index contributed by atoms with van der Waals surface area (Å²) in [4.78, 5) is 13.0. The largest absolute Gasteiger partial charge is 0.324 e. The third-order valence-corrected chi connectivity index (χ3v) is 3.55. The van der Waals surface area contributed by atoms with Crippen LogP contribution in [0.2, 0.25) is 0 Å². The fourth-order valence-corrected chi connectivity index (χ4v) is 2.45. The number of rotatable bonds is 4. The summed E-state index contributed by atoms with van der Waals surface area (Å²) >= 11 is 1.62. The predicted molar refractivity (Wildman–Crippen MR) is 79.8 cm³/mol. The number of hydrogen-bond donors (Lipinski definition) is 2. The van der Waals surface area contributed by atoms with Crippen molar-refractivity contribution in [2.75, 3.05) is 5.32 Å². The average Bonchev–Trinajstić information content (AvgIpc) is 2.93. The monoisotopic (exact) mass is 270 g/mol. The van der Waals surface area contributed by atoms with Crippen LogP contribution in [0, 0.1) is 12.3 Å². The lowest BCUT2D eigenvalue weighted by atomic mass is 10.1. The highest BCUT2D eigenvalue weighted by molar-refractivity contribution is 7.13. The molecule has 1 aromatic heterocycles. The van der Waals surface area contributed by atoms with Crippen LogP contribution in [0.5, 0.6) is 0 Å². The van der Waals surface area contributed by atoms with Crippen LogP contribution < -0.4 is 11.1 Å². The molecule has 3 N–H and O–H groups in total. The van der Waals surface area contributed by atoms with Gasteiger partial charge < -0.3 is 11.1 Å². The molecule has 1 heterocycles. The van der Waals surface area contributed by atoms with Crippen molar-refractivity contribution >= 4 is 22.9 Å². The summed E-state index contributed by atoms with van der Waals surface area (Å²) in [5, 5.41) is 4.83. The van der Waals surface area contributed by atoms with E-state index in [2.05, 4.69) is 11.2 Å². The first-order chi connectivity index (χ1) is 9.22. The number of nitrogens with one attached hydrogen (secondary N) is 1. The Hall–Kier alpha value is -2.09. The number of carbonyl (C=O) groups excluding carboxylic acids is 1. The summed E-state index contributed by atoms with van der Waals surface area (Å²) in [6, 6.07) is 10.9. The lowest BCUT2D eigenvalue weighted by molar-refractivity contribution is -0.117. The molecule has 2 aromatic rings. The minimum Gasteiger partial charge on any atom is -0.324 e. The van der Waals surface area contributed by atoms with E-state index in [1.165, 1.54) is 0 Å². The molecule has 0 radical (unpaired) electrons. The zero-order chi connectivity index (χ0) is 13.7. The molecule has 2 rings (SSSR count). The normalized spacial score (nSPS) is 11.6. The zero-order valence-corrected chi connectivity index (χ0v) is 11.1. The summed E-state index contributed by atoms with van der Waals surface area (Å²) in [6.45, 7) is 0. The maximum atomic E-state index is 11.9. The smallest absolute Gasteiger partial charge is 0.242 e. The summed E-state index contributed by atoms with van der Waals surface area (Å²) in [5.41, 5.74) is 7.43. The van der Waals surface area contributed by atoms with Gasteiger partial charge in [-0.1, -0.05) is 24.3 Å². The van der Waals surface area contributed by atoms with Crippen LogP contribution in [0.1, 0.15) is 6.42 Å². The second-order valence-electron chi connectivity index (χ2n) is 4.03. The zero-order valence-electron chi connectivity index (χ0n) is 10.3. The quantitative estimate of drug-likeness (QED) is 0.839.